The van der Waals surface area contributed by atoms with Crippen LogP contribution < -0.4 is 10.6 Å². The van der Waals surface area contributed by atoms with Crippen LogP contribution in [-0.4, -0.2) is 15.2 Å². The van der Waals surface area contributed by atoms with Crippen molar-refractivity contribution in [3.63, 3.8) is 0 Å². The molecule has 0 spiro atoms. The van der Waals surface area contributed by atoms with Crippen LogP contribution >= 0.6 is 11.6 Å². The van der Waals surface area contributed by atoms with E-state index in [1.807, 2.05) is 30.3 Å². The summed E-state index contributed by atoms with van der Waals surface area (Å²) in [5, 5.41) is 14.9. The third kappa shape index (κ3) is 4.17. The van der Waals surface area contributed by atoms with Crippen molar-refractivity contribution >= 4 is 29.1 Å². The second-order valence-electron chi connectivity index (χ2n) is 5.08. The predicted octanol–water partition coefficient (Wildman–Crippen LogP) is 4.19. The molecule has 116 valence electrons. The number of halogens is 1. The summed E-state index contributed by atoms with van der Waals surface area (Å²) in [5.74, 6) is 1.08. The van der Waals surface area contributed by atoms with E-state index in [1.165, 1.54) is 11.1 Å². The number of hydrogen-bond acceptors (Lipinski definition) is 5. The Morgan fingerprint density at radius 3 is 2.78 bits per heavy atom. The summed E-state index contributed by atoms with van der Waals surface area (Å²) in [5.41, 5.74) is 3.27. The van der Waals surface area contributed by atoms with Gasteiger partial charge in [0.05, 0.1) is 6.20 Å². The molecule has 2 aromatic carbocycles. The Hall–Kier alpha value is -2.66. The summed E-state index contributed by atoms with van der Waals surface area (Å²) in [7, 11) is 0. The van der Waals surface area contributed by atoms with Crippen LogP contribution in [0, 0.1) is 6.92 Å². The molecule has 0 aliphatic rings. The number of hydrogen-bond donors (Lipinski definition) is 2. The predicted molar refractivity (Wildman–Crippen MR) is 93.1 cm³/mol. The first-order chi connectivity index (χ1) is 11.2. The van der Waals surface area contributed by atoms with Gasteiger partial charge in [0.15, 0.2) is 5.82 Å². The standard InChI is InChI=1S/C17H16ClN5/c1-12-5-2-3-6-13(12)10-19-16-11-20-23-17(22-16)21-15-8-4-7-14(18)9-15/h2-9,11H,10H2,1H3,(H2,19,21,22,23). The number of aromatic nitrogens is 3. The van der Waals surface area contributed by atoms with Crippen molar-refractivity contribution in [1.82, 2.24) is 15.2 Å². The molecule has 1 heterocycles. The largest absolute Gasteiger partial charge is 0.365 e. The summed E-state index contributed by atoms with van der Waals surface area (Å²) in [6.45, 7) is 2.77. The minimum absolute atomic E-state index is 0.419. The fourth-order valence-corrected chi connectivity index (χ4v) is 2.32. The number of benzene rings is 2. The topological polar surface area (TPSA) is 62.7 Å². The van der Waals surface area contributed by atoms with Crippen molar-refractivity contribution < 1.29 is 0 Å². The molecule has 0 bridgehead atoms. The Kier molecular flexibility index (Phi) is 4.68. The quantitative estimate of drug-likeness (QED) is 0.736. The van der Waals surface area contributed by atoms with E-state index >= 15 is 0 Å². The summed E-state index contributed by atoms with van der Waals surface area (Å²) in [6.07, 6.45) is 1.60. The molecular weight excluding hydrogens is 310 g/mol. The van der Waals surface area contributed by atoms with Crippen LogP contribution in [0.15, 0.2) is 54.7 Å². The van der Waals surface area contributed by atoms with Crippen LogP contribution in [0.2, 0.25) is 5.02 Å². The van der Waals surface area contributed by atoms with Crippen molar-refractivity contribution in [3.8, 4) is 0 Å². The van der Waals surface area contributed by atoms with Crippen LogP contribution in [-0.2, 0) is 6.54 Å². The van der Waals surface area contributed by atoms with E-state index in [9.17, 15) is 0 Å². The molecule has 0 atom stereocenters. The van der Waals surface area contributed by atoms with E-state index < -0.39 is 0 Å². The van der Waals surface area contributed by atoms with Crippen LogP contribution in [0.5, 0.6) is 0 Å². The number of nitrogens with zero attached hydrogens (tertiary/aromatic N) is 3. The molecule has 6 heteroatoms. The highest BCUT2D eigenvalue weighted by molar-refractivity contribution is 6.30. The second-order valence-corrected chi connectivity index (χ2v) is 5.52. The van der Waals surface area contributed by atoms with Crippen molar-refractivity contribution in [3.05, 3.63) is 70.9 Å². The van der Waals surface area contributed by atoms with Crippen molar-refractivity contribution in [2.75, 3.05) is 10.6 Å². The maximum Gasteiger partial charge on any atom is 0.249 e. The fourth-order valence-electron chi connectivity index (χ4n) is 2.13. The summed E-state index contributed by atoms with van der Waals surface area (Å²) < 4.78 is 0. The summed E-state index contributed by atoms with van der Waals surface area (Å²) >= 11 is 5.97. The molecule has 0 saturated carbocycles. The number of rotatable bonds is 5. The summed E-state index contributed by atoms with van der Waals surface area (Å²) in [4.78, 5) is 4.40. The third-order valence-corrected chi connectivity index (χ3v) is 3.60. The average molecular weight is 326 g/mol. The minimum Gasteiger partial charge on any atom is -0.365 e. The van der Waals surface area contributed by atoms with Gasteiger partial charge in [-0.15, -0.1) is 5.10 Å². The van der Waals surface area contributed by atoms with Crippen LogP contribution in [0.3, 0.4) is 0 Å². The lowest BCUT2D eigenvalue weighted by atomic mass is 10.1. The van der Waals surface area contributed by atoms with Gasteiger partial charge in [0.1, 0.15) is 0 Å². The van der Waals surface area contributed by atoms with Gasteiger partial charge in [-0.2, -0.15) is 10.1 Å². The Morgan fingerprint density at radius 1 is 1.09 bits per heavy atom. The zero-order valence-electron chi connectivity index (χ0n) is 12.6. The van der Waals surface area contributed by atoms with E-state index in [1.54, 1.807) is 12.3 Å². The van der Waals surface area contributed by atoms with Gasteiger partial charge >= 0.3 is 0 Å². The van der Waals surface area contributed by atoms with Gasteiger partial charge in [0, 0.05) is 17.3 Å². The minimum atomic E-state index is 0.419. The Balaban J connectivity index is 1.69. The molecule has 0 radical (unpaired) electrons. The Morgan fingerprint density at radius 2 is 1.96 bits per heavy atom. The maximum atomic E-state index is 5.97. The molecule has 0 amide bonds. The van der Waals surface area contributed by atoms with E-state index in [-0.39, 0.29) is 0 Å². The highest BCUT2D eigenvalue weighted by Gasteiger charge is 2.03. The van der Waals surface area contributed by atoms with Gasteiger partial charge in [0.25, 0.3) is 0 Å². The smallest absolute Gasteiger partial charge is 0.249 e. The molecule has 3 aromatic rings. The molecule has 0 aliphatic heterocycles. The molecule has 0 saturated heterocycles. The van der Waals surface area contributed by atoms with E-state index in [2.05, 4.69) is 44.9 Å². The van der Waals surface area contributed by atoms with Crippen molar-refractivity contribution in [2.45, 2.75) is 13.5 Å². The number of anilines is 3. The van der Waals surface area contributed by atoms with Crippen molar-refractivity contribution in [2.24, 2.45) is 0 Å². The first-order valence-electron chi connectivity index (χ1n) is 7.21. The van der Waals surface area contributed by atoms with Crippen LogP contribution in [0.1, 0.15) is 11.1 Å². The molecule has 1 aromatic heterocycles. The normalized spacial score (nSPS) is 10.3. The van der Waals surface area contributed by atoms with Gasteiger partial charge in [-0.3, -0.25) is 0 Å². The van der Waals surface area contributed by atoms with E-state index in [0.29, 0.717) is 23.3 Å². The van der Waals surface area contributed by atoms with Crippen LogP contribution in [0.4, 0.5) is 17.5 Å². The molecule has 3 rings (SSSR count). The fraction of sp³-hybridized carbons (Fsp3) is 0.118. The second kappa shape index (κ2) is 7.07. The maximum absolute atomic E-state index is 5.97. The monoisotopic (exact) mass is 325 g/mol. The van der Waals surface area contributed by atoms with Crippen LogP contribution in [0.25, 0.3) is 0 Å². The Labute approximate surface area is 139 Å². The van der Waals surface area contributed by atoms with Crippen molar-refractivity contribution in [1.29, 1.82) is 0 Å². The lowest BCUT2D eigenvalue weighted by molar-refractivity contribution is 0.964. The first-order valence-corrected chi connectivity index (χ1v) is 7.59. The molecule has 0 aliphatic carbocycles. The highest BCUT2D eigenvalue weighted by atomic mass is 35.5. The van der Waals surface area contributed by atoms with E-state index in [4.69, 9.17) is 11.6 Å². The zero-order chi connectivity index (χ0) is 16.1. The van der Waals surface area contributed by atoms with E-state index in [0.717, 1.165) is 5.69 Å². The number of nitrogens with one attached hydrogen (secondary N) is 2. The van der Waals surface area contributed by atoms with Gasteiger partial charge in [0.2, 0.25) is 5.95 Å². The average Bonchev–Trinajstić information content (AvgIpc) is 2.54. The third-order valence-electron chi connectivity index (χ3n) is 3.36. The zero-order valence-corrected chi connectivity index (χ0v) is 13.4. The lowest BCUT2D eigenvalue weighted by Gasteiger charge is -2.09. The molecule has 0 unspecified atom stereocenters. The molecule has 23 heavy (non-hydrogen) atoms. The molecule has 2 N–H and O–H groups in total. The van der Waals surface area contributed by atoms with Gasteiger partial charge < -0.3 is 10.6 Å². The lowest BCUT2D eigenvalue weighted by Crippen LogP contribution is -2.06. The van der Waals surface area contributed by atoms with Gasteiger partial charge in [-0.25, -0.2) is 0 Å². The first kappa shape index (κ1) is 15.2. The molecule has 5 nitrogen and oxygen atoms in total. The Bertz CT molecular complexity index is 806. The number of aryl methyl sites for hydroxylation is 1. The van der Waals surface area contributed by atoms with Gasteiger partial charge in [-0.1, -0.05) is 41.9 Å². The summed E-state index contributed by atoms with van der Waals surface area (Å²) in [6, 6.07) is 15.6. The highest BCUT2D eigenvalue weighted by Crippen LogP contribution is 2.18. The SMILES string of the molecule is Cc1ccccc1CNc1cnnc(Nc2cccc(Cl)c2)n1. The van der Waals surface area contributed by atoms with Gasteiger partial charge in [-0.05, 0) is 36.2 Å². The molecule has 0 fully saturated rings. The molecular formula is C17H16ClN5.